The maximum atomic E-state index is 5.99. The Morgan fingerprint density at radius 1 is 1.04 bits per heavy atom. The molecule has 0 saturated heterocycles. The van der Waals surface area contributed by atoms with Crippen LogP contribution in [0.5, 0.6) is 5.75 Å². The molecule has 0 spiro atoms. The fourth-order valence-corrected chi connectivity index (χ4v) is 2.90. The normalized spacial score (nSPS) is 11.3. The highest BCUT2D eigenvalue weighted by Crippen LogP contribution is 2.21. The monoisotopic (exact) mass is 322 g/mol. The van der Waals surface area contributed by atoms with Gasteiger partial charge in [0, 0.05) is 6.54 Å². The third-order valence-corrected chi connectivity index (χ3v) is 4.38. The lowest BCUT2D eigenvalue weighted by molar-refractivity contribution is 0.289. The van der Waals surface area contributed by atoms with Crippen molar-refractivity contribution in [3.05, 3.63) is 59.9 Å². The molecule has 0 aliphatic heterocycles. The zero-order valence-electron chi connectivity index (χ0n) is 14.8. The second-order valence-corrected chi connectivity index (χ2v) is 6.53. The van der Waals surface area contributed by atoms with Gasteiger partial charge in [-0.3, -0.25) is 0 Å². The van der Waals surface area contributed by atoms with Gasteiger partial charge in [-0.05, 0) is 42.2 Å². The molecule has 0 bridgehead atoms. The number of fused-ring (bicyclic) bond motifs is 1. The highest BCUT2D eigenvalue weighted by Gasteiger charge is 2.10. The summed E-state index contributed by atoms with van der Waals surface area (Å²) in [5, 5.41) is 0. The molecule has 0 unspecified atom stereocenters. The highest BCUT2D eigenvalue weighted by atomic mass is 16.5. The minimum absolute atomic E-state index is 0.499. The van der Waals surface area contributed by atoms with Crippen molar-refractivity contribution >= 4 is 11.0 Å². The van der Waals surface area contributed by atoms with Crippen LogP contribution >= 0.6 is 0 Å². The molecule has 0 saturated carbocycles. The number of unbranched alkanes of at least 4 members (excludes halogenated alkanes) is 1. The molecule has 0 radical (unpaired) electrons. The third kappa shape index (κ3) is 3.61. The van der Waals surface area contributed by atoms with E-state index in [-0.39, 0.29) is 0 Å². The fourth-order valence-electron chi connectivity index (χ4n) is 2.90. The summed E-state index contributed by atoms with van der Waals surface area (Å²) in [5.74, 6) is 2.43. The molecule has 2 aromatic carbocycles. The van der Waals surface area contributed by atoms with Crippen LogP contribution < -0.4 is 4.74 Å². The van der Waals surface area contributed by atoms with Gasteiger partial charge in [-0.2, -0.15) is 0 Å². The molecule has 0 fully saturated rings. The molecule has 3 rings (SSSR count). The van der Waals surface area contributed by atoms with Crippen LogP contribution in [0.4, 0.5) is 0 Å². The largest absolute Gasteiger partial charge is 0.486 e. The molecule has 1 heterocycles. The number of nitrogens with zero attached hydrogens (tertiary/aromatic N) is 2. The molecule has 0 N–H and O–H groups in total. The summed E-state index contributed by atoms with van der Waals surface area (Å²) in [7, 11) is 0. The molecule has 126 valence electrons. The summed E-state index contributed by atoms with van der Waals surface area (Å²) in [5.41, 5.74) is 3.57. The minimum Gasteiger partial charge on any atom is -0.486 e. The van der Waals surface area contributed by atoms with E-state index < -0.39 is 0 Å². The van der Waals surface area contributed by atoms with Gasteiger partial charge >= 0.3 is 0 Å². The van der Waals surface area contributed by atoms with Crippen molar-refractivity contribution in [3.63, 3.8) is 0 Å². The maximum Gasteiger partial charge on any atom is 0.147 e. The van der Waals surface area contributed by atoms with Crippen LogP contribution in [-0.2, 0) is 13.2 Å². The average molecular weight is 322 g/mol. The molecular formula is C21H26N2O. The smallest absolute Gasteiger partial charge is 0.147 e. The Morgan fingerprint density at radius 2 is 1.79 bits per heavy atom. The minimum atomic E-state index is 0.499. The van der Waals surface area contributed by atoms with Crippen LogP contribution in [0.1, 0.15) is 50.9 Å². The lowest BCUT2D eigenvalue weighted by Crippen LogP contribution is -2.07. The zero-order chi connectivity index (χ0) is 16.9. The first kappa shape index (κ1) is 16.6. The quantitative estimate of drug-likeness (QED) is 0.571. The molecular weight excluding hydrogens is 296 g/mol. The van der Waals surface area contributed by atoms with Crippen molar-refractivity contribution in [2.45, 2.75) is 52.7 Å². The van der Waals surface area contributed by atoms with Gasteiger partial charge < -0.3 is 9.30 Å². The number of benzene rings is 2. The molecule has 3 heteroatoms. The summed E-state index contributed by atoms with van der Waals surface area (Å²) in [6.45, 7) is 8.10. The molecule has 0 aliphatic carbocycles. The first-order valence-corrected chi connectivity index (χ1v) is 8.86. The standard InChI is InChI=1S/C21H26N2O/c1-4-5-14-23-20-9-7-6-8-19(20)22-21(23)15-24-18-12-10-17(11-13-18)16(2)3/h6-13,16H,4-5,14-15H2,1-3H3. The predicted molar refractivity (Wildman–Crippen MR) is 99.5 cm³/mol. The Hall–Kier alpha value is -2.29. The zero-order valence-corrected chi connectivity index (χ0v) is 14.8. The van der Waals surface area contributed by atoms with Crippen molar-refractivity contribution in [1.82, 2.24) is 9.55 Å². The predicted octanol–water partition coefficient (Wildman–Crippen LogP) is 5.54. The molecule has 0 amide bonds. The topological polar surface area (TPSA) is 27.1 Å². The van der Waals surface area contributed by atoms with Gasteiger partial charge in [-0.1, -0.05) is 51.5 Å². The molecule has 3 aromatic rings. The molecule has 0 atom stereocenters. The van der Waals surface area contributed by atoms with E-state index in [4.69, 9.17) is 9.72 Å². The van der Waals surface area contributed by atoms with Crippen molar-refractivity contribution in [1.29, 1.82) is 0 Å². The summed E-state index contributed by atoms with van der Waals surface area (Å²) in [4.78, 5) is 4.76. The van der Waals surface area contributed by atoms with E-state index in [0.717, 1.165) is 30.1 Å². The number of aryl methyl sites for hydroxylation is 1. The van der Waals surface area contributed by atoms with E-state index in [1.807, 2.05) is 18.2 Å². The Kier molecular flexibility index (Phi) is 5.19. The van der Waals surface area contributed by atoms with Crippen molar-refractivity contribution in [3.8, 4) is 5.75 Å². The summed E-state index contributed by atoms with van der Waals surface area (Å²) < 4.78 is 8.29. The van der Waals surface area contributed by atoms with Gasteiger partial charge in [0.25, 0.3) is 0 Å². The fraction of sp³-hybridized carbons (Fsp3) is 0.381. The van der Waals surface area contributed by atoms with Gasteiger partial charge in [0.2, 0.25) is 0 Å². The van der Waals surface area contributed by atoms with E-state index >= 15 is 0 Å². The van der Waals surface area contributed by atoms with Crippen molar-refractivity contribution in [2.24, 2.45) is 0 Å². The molecule has 0 aliphatic rings. The lowest BCUT2D eigenvalue weighted by atomic mass is 10.0. The third-order valence-electron chi connectivity index (χ3n) is 4.38. The van der Waals surface area contributed by atoms with E-state index in [2.05, 4.69) is 55.7 Å². The van der Waals surface area contributed by atoms with Gasteiger partial charge in [0.05, 0.1) is 11.0 Å². The summed E-state index contributed by atoms with van der Waals surface area (Å²) in [6, 6.07) is 16.7. The van der Waals surface area contributed by atoms with Crippen LogP contribution in [0, 0.1) is 0 Å². The highest BCUT2D eigenvalue weighted by molar-refractivity contribution is 5.75. The van der Waals surface area contributed by atoms with Crippen LogP contribution in [0.15, 0.2) is 48.5 Å². The molecule has 1 aromatic heterocycles. The number of aromatic nitrogens is 2. The second kappa shape index (κ2) is 7.52. The molecule has 3 nitrogen and oxygen atoms in total. The van der Waals surface area contributed by atoms with Crippen molar-refractivity contribution < 1.29 is 4.74 Å². The number of ether oxygens (including phenoxy) is 1. The van der Waals surface area contributed by atoms with Crippen molar-refractivity contribution in [2.75, 3.05) is 0 Å². The average Bonchev–Trinajstić information content (AvgIpc) is 2.96. The summed E-state index contributed by atoms with van der Waals surface area (Å²) >= 11 is 0. The van der Waals surface area contributed by atoms with Crippen LogP contribution in [0.2, 0.25) is 0 Å². The molecule has 24 heavy (non-hydrogen) atoms. The van der Waals surface area contributed by atoms with Crippen LogP contribution in [0.3, 0.4) is 0 Å². The summed E-state index contributed by atoms with van der Waals surface area (Å²) in [6.07, 6.45) is 2.32. The SMILES string of the molecule is CCCCn1c(COc2ccc(C(C)C)cc2)nc2ccccc21. The Labute approximate surface area is 144 Å². The van der Waals surface area contributed by atoms with E-state index in [1.54, 1.807) is 0 Å². The first-order chi connectivity index (χ1) is 11.7. The Bertz CT molecular complexity index is 787. The number of imidazole rings is 1. The first-order valence-electron chi connectivity index (χ1n) is 8.86. The Morgan fingerprint density at radius 3 is 2.50 bits per heavy atom. The van der Waals surface area contributed by atoms with Crippen LogP contribution in [-0.4, -0.2) is 9.55 Å². The number of rotatable bonds is 7. The number of hydrogen-bond donors (Lipinski definition) is 0. The van der Waals surface area contributed by atoms with Gasteiger partial charge in [0.15, 0.2) is 0 Å². The number of hydrogen-bond acceptors (Lipinski definition) is 2. The van der Waals surface area contributed by atoms with Gasteiger partial charge in [-0.15, -0.1) is 0 Å². The van der Waals surface area contributed by atoms with E-state index in [9.17, 15) is 0 Å². The Balaban J connectivity index is 1.78. The maximum absolute atomic E-state index is 5.99. The second-order valence-electron chi connectivity index (χ2n) is 6.53. The van der Waals surface area contributed by atoms with Crippen LogP contribution in [0.25, 0.3) is 11.0 Å². The lowest BCUT2D eigenvalue weighted by Gasteiger charge is -2.11. The van der Waals surface area contributed by atoms with E-state index in [0.29, 0.717) is 12.5 Å². The van der Waals surface area contributed by atoms with Gasteiger partial charge in [-0.25, -0.2) is 4.98 Å². The number of para-hydroxylation sites is 2. The van der Waals surface area contributed by atoms with Gasteiger partial charge in [0.1, 0.15) is 18.2 Å². The van der Waals surface area contributed by atoms with E-state index in [1.165, 1.54) is 17.5 Å².